The van der Waals surface area contributed by atoms with E-state index in [1.165, 1.54) is 7.05 Å². The van der Waals surface area contributed by atoms with Crippen LogP contribution in [-0.4, -0.2) is 115 Å². The van der Waals surface area contributed by atoms with E-state index in [0.717, 1.165) is 20.7 Å². The van der Waals surface area contributed by atoms with Crippen LogP contribution in [0.4, 0.5) is 8.78 Å². The normalized spacial score (nSPS) is 15.6. The van der Waals surface area contributed by atoms with Crippen LogP contribution in [0.15, 0.2) is 28.0 Å². The summed E-state index contributed by atoms with van der Waals surface area (Å²) in [6.45, 7) is 1.18. The molecule has 0 radical (unpaired) electrons. The molecule has 2 aromatic rings. The molecule has 0 saturated carbocycles. The first-order valence-electron chi connectivity index (χ1n) is 12.3. The molecule has 1 aliphatic heterocycles. The second kappa shape index (κ2) is 13.1. The third kappa shape index (κ3) is 6.80. The van der Waals surface area contributed by atoms with Gasteiger partial charge in [0.15, 0.2) is 17.9 Å². The average molecular weight is 656 g/mol. The van der Waals surface area contributed by atoms with Crippen molar-refractivity contribution >= 4 is 55.3 Å². The van der Waals surface area contributed by atoms with Crippen LogP contribution in [0.1, 0.15) is 32.7 Å². The summed E-state index contributed by atoms with van der Waals surface area (Å²) in [5.41, 5.74) is -2.83. The van der Waals surface area contributed by atoms with Crippen molar-refractivity contribution in [3.8, 4) is 0 Å². The van der Waals surface area contributed by atoms with Crippen molar-refractivity contribution in [1.82, 2.24) is 18.4 Å². The lowest BCUT2D eigenvalue weighted by molar-refractivity contribution is 0.103. The van der Waals surface area contributed by atoms with Crippen molar-refractivity contribution in [2.75, 3.05) is 67.5 Å². The molecular formula is C25H30Cl2F2N4O6S2. The summed E-state index contributed by atoms with van der Waals surface area (Å²) in [4.78, 5) is 27.2. The van der Waals surface area contributed by atoms with Gasteiger partial charge in [0.1, 0.15) is 15.6 Å². The molecule has 1 saturated heterocycles. The number of likely N-dealkylation sites (N-methyl/N-ethyl adjacent to an activating group) is 1. The molecule has 0 N–H and O–H groups in total. The average Bonchev–Trinajstić information content (AvgIpc) is 2.88. The summed E-state index contributed by atoms with van der Waals surface area (Å²) in [7, 11) is -2.31. The monoisotopic (exact) mass is 654 g/mol. The lowest BCUT2D eigenvalue weighted by atomic mass is 10.0. The molecule has 1 fully saturated rings. The molecule has 3 rings (SSSR count). The number of aldehydes is 1. The number of ketones is 1. The minimum atomic E-state index is -4.78. The molecule has 1 aliphatic rings. The van der Waals surface area contributed by atoms with Gasteiger partial charge in [-0.15, -0.1) is 0 Å². The highest BCUT2D eigenvalue weighted by Gasteiger charge is 2.38. The third-order valence-corrected chi connectivity index (χ3v) is 11.4. The van der Waals surface area contributed by atoms with Crippen molar-refractivity contribution in [2.24, 2.45) is 0 Å². The van der Waals surface area contributed by atoms with E-state index in [4.69, 9.17) is 23.2 Å². The maximum absolute atomic E-state index is 15.5. The van der Waals surface area contributed by atoms with E-state index in [1.54, 1.807) is 7.05 Å². The number of benzene rings is 2. The van der Waals surface area contributed by atoms with E-state index in [1.807, 2.05) is 23.9 Å². The van der Waals surface area contributed by atoms with E-state index in [2.05, 4.69) is 0 Å². The highest BCUT2D eigenvalue weighted by Crippen LogP contribution is 2.37. The minimum absolute atomic E-state index is 0.0604. The first kappa shape index (κ1) is 33.5. The Kier molecular flexibility index (Phi) is 10.7. The Morgan fingerprint density at radius 3 is 2.20 bits per heavy atom. The molecule has 0 atom stereocenters. The van der Waals surface area contributed by atoms with Crippen LogP contribution in [0.25, 0.3) is 0 Å². The molecule has 1 heterocycles. The van der Waals surface area contributed by atoms with Crippen LogP contribution in [0, 0.1) is 11.6 Å². The number of piperazine rings is 1. The molecule has 226 valence electrons. The summed E-state index contributed by atoms with van der Waals surface area (Å²) in [5, 5.41) is -1.03. The Hall–Kier alpha value is -2.04. The summed E-state index contributed by atoms with van der Waals surface area (Å²) in [6.07, 6.45) is 0.288. The number of hydrogen-bond donors (Lipinski definition) is 0. The topological polar surface area (TPSA) is 115 Å². The van der Waals surface area contributed by atoms with Gasteiger partial charge in [-0.25, -0.2) is 29.9 Å². The largest absolute Gasteiger partial charge is 0.309 e. The zero-order valence-electron chi connectivity index (χ0n) is 22.8. The summed E-state index contributed by atoms with van der Waals surface area (Å²) in [5.74, 6) is -4.58. The highest BCUT2D eigenvalue weighted by atomic mass is 35.5. The molecule has 41 heavy (non-hydrogen) atoms. The Morgan fingerprint density at radius 1 is 1.02 bits per heavy atom. The first-order valence-corrected chi connectivity index (χ1v) is 16.0. The number of nitrogens with zero attached hydrogens (tertiary/aromatic N) is 4. The van der Waals surface area contributed by atoms with E-state index < -0.39 is 69.0 Å². The smallest absolute Gasteiger partial charge is 0.246 e. The van der Waals surface area contributed by atoms with Crippen LogP contribution in [-0.2, 0) is 20.0 Å². The molecule has 0 aliphatic carbocycles. The van der Waals surface area contributed by atoms with Gasteiger partial charge in [-0.2, -0.15) is 4.31 Å². The predicted molar refractivity (Wildman–Crippen MR) is 151 cm³/mol. The van der Waals surface area contributed by atoms with Crippen molar-refractivity contribution in [2.45, 2.75) is 16.2 Å². The van der Waals surface area contributed by atoms with Gasteiger partial charge < -0.3 is 9.80 Å². The number of hydrogen-bond acceptors (Lipinski definition) is 8. The van der Waals surface area contributed by atoms with E-state index in [9.17, 15) is 30.8 Å². The van der Waals surface area contributed by atoms with Crippen molar-refractivity contribution in [3.05, 3.63) is 56.6 Å². The fraction of sp³-hybridized carbons (Fsp3) is 0.440. The lowest BCUT2D eigenvalue weighted by Crippen LogP contribution is -2.47. The molecular weight excluding hydrogens is 625 g/mol. The highest BCUT2D eigenvalue weighted by molar-refractivity contribution is 7.89. The molecule has 0 spiro atoms. The van der Waals surface area contributed by atoms with Gasteiger partial charge in [0.05, 0.1) is 21.2 Å². The quantitative estimate of drug-likeness (QED) is 0.268. The SMILES string of the molecule is CN(C)CCCN(C)S(=O)(=O)c1ccc(Cl)c(C(=O)c2cc(F)c(C=O)c(F)c2S(=O)(=O)N2CCN(C)CC2)c1Cl. The van der Waals surface area contributed by atoms with Gasteiger partial charge in [0.25, 0.3) is 0 Å². The van der Waals surface area contributed by atoms with Crippen LogP contribution in [0.3, 0.4) is 0 Å². The van der Waals surface area contributed by atoms with Crippen LogP contribution in [0.2, 0.25) is 10.0 Å². The molecule has 16 heteroatoms. The Bertz CT molecular complexity index is 1560. The van der Waals surface area contributed by atoms with E-state index >= 15 is 4.39 Å². The molecule has 2 aromatic carbocycles. The Balaban J connectivity index is 2.19. The van der Waals surface area contributed by atoms with E-state index in [-0.39, 0.29) is 30.9 Å². The second-order valence-electron chi connectivity index (χ2n) is 9.83. The van der Waals surface area contributed by atoms with Gasteiger partial charge in [-0.1, -0.05) is 23.2 Å². The van der Waals surface area contributed by atoms with Gasteiger partial charge in [0.2, 0.25) is 20.0 Å². The van der Waals surface area contributed by atoms with Crippen molar-refractivity contribution in [3.63, 3.8) is 0 Å². The van der Waals surface area contributed by atoms with Crippen LogP contribution < -0.4 is 0 Å². The van der Waals surface area contributed by atoms with Crippen molar-refractivity contribution in [1.29, 1.82) is 0 Å². The molecule has 0 unspecified atom stereocenters. The summed E-state index contributed by atoms with van der Waals surface area (Å²) in [6, 6.07) is 2.57. The summed E-state index contributed by atoms with van der Waals surface area (Å²) >= 11 is 12.6. The second-order valence-corrected chi connectivity index (χ2v) is 14.5. The molecule has 0 aromatic heterocycles. The van der Waals surface area contributed by atoms with Gasteiger partial charge in [-0.3, -0.25) is 9.59 Å². The van der Waals surface area contributed by atoms with E-state index in [0.29, 0.717) is 32.1 Å². The lowest BCUT2D eigenvalue weighted by Gasteiger charge is -2.32. The number of carbonyl (C=O) groups is 2. The maximum atomic E-state index is 15.5. The number of rotatable bonds is 11. The van der Waals surface area contributed by atoms with Crippen molar-refractivity contribution < 1.29 is 35.2 Å². The summed E-state index contributed by atoms with van der Waals surface area (Å²) < 4.78 is 86.1. The van der Waals surface area contributed by atoms with Gasteiger partial charge in [-0.05, 0) is 52.3 Å². The van der Waals surface area contributed by atoms with Crippen LogP contribution >= 0.6 is 23.2 Å². The predicted octanol–water partition coefficient (Wildman–Crippen LogP) is 2.82. The Morgan fingerprint density at radius 2 is 1.63 bits per heavy atom. The van der Waals surface area contributed by atoms with Crippen LogP contribution in [0.5, 0.6) is 0 Å². The molecule has 0 bridgehead atoms. The van der Waals surface area contributed by atoms with Gasteiger partial charge >= 0.3 is 0 Å². The number of carbonyl (C=O) groups excluding carboxylic acids is 2. The fourth-order valence-corrected chi connectivity index (χ4v) is 8.05. The third-order valence-electron chi connectivity index (χ3n) is 6.68. The zero-order chi connectivity index (χ0) is 30.9. The molecule has 0 amide bonds. The first-order chi connectivity index (χ1) is 19.0. The Labute approximate surface area is 248 Å². The molecule has 10 nitrogen and oxygen atoms in total. The standard InChI is InChI=1S/C25H30Cl2F2N4O6S2/c1-30(2)8-5-9-32(4)40(36,37)20-7-6-18(26)21(22(20)27)24(35)16-14-19(28)17(15-34)23(29)25(16)41(38,39)33-12-10-31(3)11-13-33/h6-7,14-15H,5,8-13H2,1-4H3. The number of sulfonamides is 2. The fourth-order valence-electron chi connectivity index (χ4n) is 4.27. The minimum Gasteiger partial charge on any atom is -0.309 e. The maximum Gasteiger partial charge on any atom is 0.246 e. The van der Waals surface area contributed by atoms with Gasteiger partial charge in [0, 0.05) is 45.3 Å². The number of halogens is 4. The zero-order valence-corrected chi connectivity index (χ0v) is 26.0.